The Morgan fingerprint density at radius 1 is 1.12 bits per heavy atom. The van der Waals surface area contributed by atoms with E-state index >= 15 is 0 Å². The lowest BCUT2D eigenvalue weighted by molar-refractivity contribution is 1.08. The van der Waals surface area contributed by atoms with Crippen molar-refractivity contribution in [3.05, 3.63) is 39.5 Å². The third-order valence-corrected chi connectivity index (χ3v) is 3.35. The number of halogens is 1. The zero-order valence-corrected chi connectivity index (χ0v) is 11.7. The summed E-state index contributed by atoms with van der Waals surface area (Å²) < 4.78 is 1.05. The van der Waals surface area contributed by atoms with Gasteiger partial charge < -0.3 is 5.73 Å². The van der Waals surface area contributed by atoms with Crippen LogP contribution >= 0.6 is 15.9 Å². The van der Waals surface area contributed by atoms with Crippen LogP contribution in [0.2, 0.25) is 0 Å². The van der Waals surface area contributed by atoms with Crippen LogP contribution in [0.15, 0.2) is 22.7 Å². The van der Waals surface area contributed by atoms with Crippen molar-refractivity contribution in [3.63, 3.8) is 0 Å². The van der Waals surface area contributed by atoms with E-state index in [-0.39, 0.29) is 0 Å². The van der Waals surface area contributed by atoms with Crippen molar-refractivity contribution in [3.8, 4) is 11.4 Å². The Kier molecular flexibility index (Phi) is 3.15. The van der Waals surface area contributed by atoms with Crippen LogP contribution in [-0.4, -0.2) is 9.97 Å². The summed E-state index contributed by atoms with van der Waals surface area (Å²) in [7, 11) is 0. The first-order chi connectivity index (χ1) is 7.99. The Labute approximate surface area is 109 Å². The highest BCUT2D eigenvalue weighted by Crippen LogP contribution is 2.25. The number of aryl methyl sites for hydroxylation is 2. The molecule has 17 heavy (non-hydrogen) atoms. The van der Waals surface area contributed by atoms with Gasteiger partial charge in [-0.15, -0.1) is 0 Å². The molecule has 0 amide bonds. The van der Waals surface area contributed by atoms with Crippen LogP contribution in [0.25, 0.3) is 11.4 Å². The SMILES string of the molecule is Cc1cc(Br)ccc1-c1nc(C)c(C)c(N)n1. The van der Waals surface area contributed by atoms with Gasteiger partial charge in [0.2, 0.25) is 0 Å². The van der Waals surface area contributed by atoms with Crippen LogP contribution < -0.4 is 5.73 Å². The number of benzene rings is 1. The Hall–Kier alpha value is -1.42. The molecule has 0 aliphatic rings. The number of nitrogens with two attached hydrogens (primary N) is 1. The second-order valence-corrected chi connectivity index (χ2v) is 5.02. The minimum absolute atomic E-state index is 0.551. The number of hydrogen-bond acceptors (Lipinski definition) is 3. The van der Waals surface area contributed by atoms with Crippen molar-refractivity contribution in [1.82, 2.24) is 9.97 Å². The van der Waals surface area contributed by atoms with E-state index < -0.39 is 0 Å². The largest absolute Gasteiger partial charge is 0.383 e. The molecule has 4 heteroatoms. The van der Waals surface area contributed by atoms with Crippen LogP contribution in [0.3, 0.4) is 0 Å². The predicted molar refractivity (Wildman–Crippen MR) is 73.8 cm³/mol. The molecule has 0 fully saturated rings. The van der Waals surface area contributed by atoms with Crippen molar-refractivity contribution >= 4 is 21.7 Å². The van der Waals surface area contributed by atoms with Crippen LogP contribution in [0.1, 0.15) is 16.8 Å². The molecule has 88 valence electrons. The Bertz CT molecular complexity index is 556. The highest BCUT2D eigenvalue weighted by molar-refractivity contribution is 9.10. The lowest BCUT2D eigenvalue weighted by atomic mass is 10.1. The molecule has 1 heterocycles. The molecular weight excluding hydrogens is 278 g/mol. The highest BCUT2D eigenvalue weighted by Gasteiger charge is 2.09. The Morgan fingerprint density at radius 3 is 2.41 bits per heavy atom. The monoisotopic (exact) mass is 291 g/mol. The molecule has 2 rings (SSSR count). The lowest BCUT2D eigenvalue weighted by Gasteiger charge is -2.09. The highest BCUT2D eigenvalue weighted by atomic mass is 79.9. The van der Waals surface area contributed by atoms with E-state index in [2.05, 4.69) is 25.9 Å². The fourth-order valence-corrected chi connectivity index (χ4v) is 2.12. The molecule has 0 aliphatic carbocycles. The van der Waals surface area contributed by atoms with E-state index in [1.807, 2.05) is 39.0 Å². The molecule has 0 radical (unpaired) electrons. The third kappa shape index (κ3) is 2.31. The minimum Gasteiger partial charge on any atom is -0.383 e. The topological polar surface area (TPSA) is 51.8 Å². The first-order valence-corrected chi connectivity index (χ1v) is 6.15. The molecule has 2 aromatic rings. The van der Waals surface area contributed by atoms with E-state index in [1.165, 1.54) is 0 Å². The zero-order valence-electron chi connectivity index (χ0n) is 10.1. The van der Waals surface area contributed by atoms with Gasteiger partial charge in [-0.1, -0.05) is 15.9 Å². The average molecular weight is 292 g/mol. The number of anilines is 1. The van der Waals surface area contributed by atoms with Crippen molar-refractivity contribution in [2.75, 3.05) is 5.73 Å². The van der Waals surface area contributed by atoms with Crippen molar-refractivity contribution < 1.29 is 0 Å². The summed E-state index contributed by atoms with van der Waals surface area (Å²) in [6.45, 7) is 5.92. The summed E-state index contributed by atoms with van der Waals surface area (Å²) in [4.78, 5) is 8.83. The van der Waals surface area contributed by atoms with E-state index in [0.717, 1.165) is 26.9 Å². The van der Waals surface area contributed by atoms with E-state index in [4.69, 9.17) is 5.73 Å². The predicted octanol–water partition coefficient (Wildman–Crippen LogP) is 3.41. The average Bonchev–Trinajstić information content (AvgIpc) is 2.25. The zero-order chi connectivity index (χ0) is 12.6. The number of nitrogens with zero attached hydrogens (tertiary/aromatic N) is 2. The van der Waals surface area contributed by atoms with Gasteiger partial charge >= 0.3 is 0 Å². The molecule has 0 aliphatic heterocycles. The van der Waals surface area contributed by atoms with Crippen LogP contribution in [0, 0.1) is 20.8 Å². The summed E-state index contributed by atoms with van der Waals surface area (Å²) >= 11 is 3.44. The molecule has 3 nitrogen and oxygen atoms in total. The molecule has 0 bridgehead atoms. The van der Waals surface area contributed by atoms with Crippen LogP contribution in [0.4, 0.5) is 5.82 Å². The van der Waals surface area contributed by atoms with Crippen molar-refractivity contribution in [2.24, 2.45) is 0 Å². The standard InChI is InChI=1S/C13H14BrN3/c1-7-6-10(14)4-5-11(7)13-16-9(3)8(2)12(15)17-13/h4-6H,1-3H3,(H2,15,16,17). The van der Waals surface area contributed by atoms with Gasteiger partial charge in [0.15, 0.2) is 5.82 Å². The van der Waals surface area contributed by atoms with Crippen LogP contribution in [0.5, 0.6) is 0 Å². The van der Waals surface area contributed by atoms with Gasteiger partial charge in [-0.2, -0.15) is 0 Å². The fraction of sp³-hybridized carbons (Fsp3) is 0.231. The van der Waals surface area contributed by atoms with Gasteiger partial charge in [0.1, 0.15) is 5.82 Å². The second-order valence-electron chi connectivity index (χ2n) is 4.10. The van der Waals surface area contributed by atoms with Crippen molar-refractivity contribution in [1.29, 1.82) is 0 Å². The lowest BCUT2D eigenvalue weighted by Crippen LogP contribution is -2.02. The molecular formula is C13H14BrN3. The van der Waals surface area contributed by atoms with E-state index in [9.17, 15) is 0 Å². The summed E-state index contributed by atoms with van der Waals surface area (Å²) in [5.41, 5.74) is 9.90. The molecule has 0 saturated heterocycles. The number of nitrogen functional groups attached to an aromatic ring is 1. The molecule has 0 spiro atoms. The van der Waals surface area contributed by atoms with Gasteiger partial charge in [-0.3, -0.25) is 0 Å². The summed E-state index contributed by atoms with van der Waals surface area (Å²) in [6, 6.07) is 6.03. The molecule has 2 N–H and O–H groups in total. The summed E-state index contributed by atoms with van der Waals surface area (Å²) in [6.07, 6.45) is 0. The maximum atomic E-state index is 5.88. The third-order valence-electron chi connectivity index (χ3n) is 2.86. The fourth-order valence-electron chi connectivity index (χ4n) is 1.65. The summed E-state index contributed by atoms with van der Waals surface area (Å²) in [5.74, 6) is 1.24. The molecule has 1 aromatic carbocycles. The quantitative estimate of drug-likeness (QED) is 0.876. The normalized spacial score (nSPS) is 10.6. The van der Waals surface area contributed by atoms with Gasteiger partial charge in [-0.25, -0.2) is 9.97 Å². The molecule has 1 aromatic heterocycles. The molecule has 0 saturated carbocycles. The molecule has 0 unspecified atom stereocenters. The number of aromatic nitrogens is 2. The van der Waals surface area contributed by atoms with Gasteiger partial charge in [0.05, 0.1) is 0 Å². The number of rotatable bonds is 1. The van der Waals surface area contributed by atoms with E-state index in [0.29, 0.717) is 11.6 Å². The Morgan fingerprint density at radius 2 is 1.82 bits per heavy atom. The van der Waals surface area contributed by atoms with Crippen LogP contribution in [-0.2, 0) is 0 Å². The number of hydrogen-bond donors (Lipinski definition) is 1. The maximum absolute atomic E-state index is 5.88. The first-order valence-electron chi connectivity index (χ1n) is 5.36. The van der Waals surface area contributed by atoms with E-state index in [1.54, 1.807) is 0 Å². The van der Waals surface area contributed by atoms with Gasteiger partial charge in [-0.05, 0) is 44.5 Å². The maximum Gasteiger partial charge on any atom is 0.162 e. The Balaban J connectivity index is 2.61. The minimum atomic E-state index is 0.551. The second kappa shape index (κ2) is 4.45. The first kappa shape index (κ1) is 12.0. The smallest absolute Gasteiger partial charge is 0.162 e. The summed E-state index contributed by atoms with van der Waals surface area (Å²) in [5, 5.41) is 0. The van der Waals surface area contributed by atoms with Crippen molar-refractivity contribution in [2.45, 2.75) is 20.8 Å². The molecule has 0 atom stereocenters. The van der Waals surface area contributed by atoms with Gasteiger partial charge in [0.25, 0.3) is 0 Å². The van der Waals surface area contributed by atoms with Gasteiger partial charge in [0, 0.05) is 21.3 Å².